The number of benzene rings is 2. The predicted molar refractivity (Wildman–Crippen MR) is 68.9 cm³/mol. The summed E-state index contributed by atoms with van der Waals surface area (Å²) in [5.74, 6) is 1.31. The summed E-state index contributed by atoms with van der Waals surface area (Å²) in [6.45, 7) is 1.54. The number of rotatable bonds is 4. The molecule has 2 aromatic rings. The van der Waals surface area contributed by atoms with E-state index in [0.29, 0.717) is 17.1 Å². The minimum Gasteiger partial charge on any atom is -0.457 e. The summed E-state index contributed by atoms with van der Waals surface area (Å²) < 4.78 is 5.63. The molecule has 2 rings (SSSR count). The van der Waals surface area contributed by atoms with Gasteiger partial charge in [-0.15, -0.1) is 0 Å². The van der Waals surface area contributed by atoms with Crippen LogP contribution < -0.4 is 4.74 Å². The van der Waals surface area contributed by atoms with Gasteiger partial charge in [-0.3, -0.25) is 4.79 Å². The van der Waals surface area contributed by atoms with Gasteiger partial charge in [-0.1, -0.05) is 24.3 Å². The normalized spacial score (nSPS) is 10.1. The number of hydrogen-bond acceptors (Lipinski definition) is 3. The van der Waals surface area contributed by atoms with Gasteiger partial charge in [0, 0.05) is 5.56 Å². The van der Waals surface area contributed by atoms with Gasteiger partial charge in [-0.05, 0) is 36.8 Å². The Morgan fingerprint density at radius 2 is 1.83 bits per heavy atom. The van der Waals surface area contributed by atoms with Crippen LogP contribution in [0.1, 0.15) is 22.8 Å². The Balaban J connectivity index is 2.17. The maximum absolute atomic E-state index is 11.3. The molecule has 0 unspecified atom stereocenters. The van der Waals surface area contributed by atoms with Crippen molar-refractivity contribution in [1.82, 2.24) is 0 Å². The first-order valence-corrected chi connectivity index (χ1v) is 5.67. The molecule has 0 aliphatic heterocycles. The molecule has 0 aliphatic carbocycles. The lowest BCUT2D eigenvalue weighted by Crippen LogP contribution is -1.92. The summed E-state index contributed by atoms with van der Waals surface area (Å²) in [6, 6.07) is 14.2. The van der Waals surface area contributed by atoms with Crippen molar-refractivity contribution in [3.8, 4) is 11.5 Å². The number of carbonyl (C=O) groups excluding carboxylic acids is 1. The van der Waals surface area contributed by atoms with Crippen LogP contribution in [0.15, 0.2) is 48.5 Å². The first-order chi connectivity index (χ1) is 8.69. The van der Waals surface area contributed by atoms with Crippen molar-refractivity contribution in [2.75, 3.05) is 0 Å². The third kappa shape index (κ3) is 2.96. The smallest absolute Gasteiger partial charge is 0.159 e. The van der Waals surface area contributed by atoms with Gasteiger partial charge in [-0.2, -0.15) is 0 Å². The maximum Gasteiger partial charge on any atom is 0.159 e. The highest BCUT2D eigenvalue weighted by Crippen LogP contribution is 2.22. The van der Waals surface area contributed by atoms with E-state index in [9.17, 15) is 4.79 Å². The van der Waals surface area contributed by atoms with E-state index < -0.39 is 0 Å². The number of hydrogen-bond donors (Lipinski definition) is 1. The minimum absolute atomic E-state index is 0.0103. The second kappa shape index (κ2) is 5.47. The van der Waals surface area contributed by atoms with Gasteiger partial charge in [0.25, 0.3) is 0 Å². The van der Waals surface area contributed by atoms with Gasteiger partial charge in [0.05, 0.1) is 6.61 Å². The molecule has 0 radical (unpaired) electrons. The Hall–Kier alpha value is -2.13. The van der Waals surface area contributed by atoms with Crippen molar-refractivity contribution in [2.45, 2.75) is 13.5 Å². The molecule has 3 heteroatoms. The number of ketones is 1. The van der Waals surface area contributed by atoms with Crippen LogP contribution >= 0.6 is 0 Å². The second-order valence-corrected chi connectivity index (χ2v) is 3.99. The fourth-order valence-electron chi connectivity index (χ4n) is 1.58. The Bertz CT molecular complexity index is 544. The third-order valence-electron chi connectivity index (χ3n) is 2.58. The summed E-state index contributed by atoms with van der Waals surface area (Å²) in [4.78, 5) is 11.3. The van der Waals surface area contributed by atoms with Crippen molar-refractivity contribution in [2.24, 2.45) is 0 Å². The van der Waals surface area contributed by atoms with E-state index >= 15 is 0 Å². The zero-order chi connectivity index (χ0) is 13.0. The second-order valence-electron chi connectivity index (χ2n) is 3.99. The monoisotopic (exact) mass is 242 g/mol. The zero-order valence-electron chi connectivity index (χ0n) is 10.1. The van der Waals surface area contributed by atoms with Gasteiger partial charge >= 0.3 is 0 Å². The standard InChI is InChI=1S/C15H14O3/c1-11(17)13-3-2-4-15(9-13)18-14-7-5-12(10-16)6-8-14/h2-9,16H,10H2,1H3. The van der Waals surface area contributed by atoms with Gasteiger partial charge in [-0.25, -0.2) is 0 Å². The van der Waals surface area contributed by atoms with Crippen molar-refractivity contribution >= 4 is 5.78 Å². The minimum atomic E-state index is 0.0103. The van der Waals surface area contributed by atoms with Crippen molar-refractivity contribution < 1.29 is 14.6 Å². The molecule has 0 aromatic heterocycles. The number of aliphatic hydroxyl groups is 1. The molecule has 0 saturated carbocycles. The highest BCUT2D eigenvalue weighted by atomic mass is 16.5. The quantitative estimate of drug-likeness (QED) is 0.837. The van der Waals surface area contributed by atoms with Crippen LogP contribution in [0.2, 0.25) is 0 Å². The van der Waals surface area contributed by atoms with E-state index in [1.54, 1.807) is 48.5 Å². The van der Waals surface area contributed by atoms with Crippen LogP contribution in [0, 0.1) is 0 Å². The zero-order valence-corrected chi connectivity index (χ0v) is 10.1. The molecule has 1 N–H and O–H groups in total. The summed E-state index contributed by atoms with van der Waals surface area (Å²) in [7, 11) is 0. The number of ether oxygens (including phenoxy) is 1. The van der Waals surface area contributed by atoms with Crippen LogP contribution in [0.5, 0.6) is 11.5 Å². The first kappa shape index (κ1) is 12.3. The molecule has 0 saturated heterocycles. The first-order valence-electron chi connectivity index (χ1n) is 5.67. The molecule has 2 aromatic carbocycles. The van der Waals surface area contributed by atoms with Crippen molar-refractivity contribution in [3.63, 3.8) is 0 Å². The van der Waals surface area contributed by atoms with Crippen LogP contribution in [0.4, 0.5) is 0 Å². The average Bonchev–Trinajstić information content (AvgIpc) is 2.40. The molecular formula is C15H14O3. The lowest BCUT2D eigenvalue weighted by atomic mass is 10.1. The van der Waals surface area contributed by atoms with E-state index in [4.69, 9.17) is 9.84 Å². The molecule has 0 amide bonds. The largest absolute Gasteiger partial charge is 0.457 e. The Labute approximate surface area is 106 Å². The van der Waals surface area contributed by atoms with Crippen molar-refractivity contribution in [3.05, 3.63) is 59.7 Å². The molecular weight excluding hydrogens is 228 g/mol. The maximum atomic E-state index is 11.3. The van der Waals surface area contributed by atoms with E-state index in [1.807, 2.05) is 0 Å². The molecule has 0 heterocycles. The SMILES string of the molecule is CC(=O)c1cccc(Oc2ccc(CO)cc2)c1. The third-order valence-corrected chi connectivity index (χ3v) is 2.58. The number of carbonyl (C=O) groups is 1. The lowest BCUT2D eigenvalue weighted by Gasteiger charge is -2.07. The van der Waals surface area contributed by atoms with Crippen LogP contribution in [0.3, 0.4) is 0 Å². The molecule has 0 fully saturated rings. The fraction of sp³-hybridized carbons (Fsp3) is 0.133. The van der Waals surface area contributed by atoms with Crippen LogP contribution in [0.25, 0.3) is 0 Å². The van der Waals surface area contributed by atoms with E-state index in [0.717, 1.165) is 5.56 Å². The molecule has 0 spiro atoms. The average molecular weight is 242 g/mol. The van der Waals surface area contributed by atoms with Crippen LogP contribution in [-0.2, 0) is 6.61 Å². The van der Waals surface area contributed by atoms with E-state index in [2.05, 4.69) is 0 Å². The van der Waals surface area contributed by atoms with Gasteiger partial charge in [0.1, 0.15) is 11.5 Å². The summed E-state index contributed by atoms with van der Waals surface area (Å²) in [6.07, 6.45) is 0. The summed E-state index contributed by atoms with van der Waals surface area (Å²) >= 11 is 0. The van der Waals surface area contributed by atoms with E-state index in [1.165, 1.54) is 6.92 Å². The predicted octanol–water partition coefficient (Wildman–Crippen LogP) is 3.17. The Morgan fingerprint density at radius 3 is 2.44 bits per heavy atom. The van der Waals surface area contributed by atoms with E-state index in [-0.39, 0.29) is 12.4 Å². The van der Waals surface area contributed by atoms with Gasteiger partial charge in [0.2, 0.25) is 0 Å². The van der Waals surface area contributed by atoms with Gasteiger partial charge < -0.3 is 9.84 Å². The van der Waals surface area contributed by atoms with Crippen molar-refractivity contribution in [1.29, 1.82) is 0 Å². The fourth-order valence-corrected chi connectivity index (χ4v) is 1.58. The molecule has 0 aliphatic rings. The highest BCUT2D eigenvalue weighted by Gasteiger charge is 2.02. The summed E-state index contributed by atoms with van der Waals surface area (Å²) in [5.41, 5.74) is 1.46. The highest BCUT2D eigenvalue weighted by molar-refractivity contribution is 5.94. The van der Waals surface area contributed by atoms with Crippen LogP contribution in [-0.4, -0.2) is 10.9 Å². The van der Waals surface area contributed by atoms with Gasteiger partial charge in [0.15, 0.2) is 5.78 Å². The lowest BCUT2D eigenvalue weighted by molar-refractivity contribution is 0.101. The molecule has 92 valence electrons. The Kier molecular flexibility index (Phi) is 3.75. The Morgan fingerprint density at radius 1 is 1.11 bits per heavy atom. The topological polar surface area (TPSA) is 46.5 Å². The molecule has 0 atom stereocenters. The number of Topliss-reactive ketones (excluding diaryl/α,β-unsaturated/α-hetero) is 1. The molecule has 0 bridgehead atoms. The number of aliphatic hydroxyl groups excluding tert-OH is 1. The molecule has 18 heavy (non-hydrogen) atoms. The molecule has 3 nitrogen and oxygen atoms in total. The summed E-state index contributed by atoms with van der Waals surface area (Å²) in [5, 5.41) is 8.94.